The number of amides is 1. The van der Waals surface area contributed by atoms with Gasteiger partial charge in [-0.15, -0.1) is 0 Å². The SMILES string of the molecule is O=C(Nc1ccc(Cl)c(-c2ccccn2)c1)c1ccc(NS(=O)(=O)CCCN2CCOCC2)cc1Cl. The number of benzene rings is 2. The van der Waals surface area contributed by atoms with E-state index in [1.54, 1.807) is 30.5 Å². The molecule has 1 fully saturated rings. The Labute approximate surface area is 220 Å². The molecule has 0 unspecified atom stereocenters. The molecular formula is C25H26Cl2N4O4S. The van der Waals surface area contributed by atoms with Gasteiger partial charge < -0.3 is 10.1 Å². The molecule has 1 aliphatic heterocycles. The maximum Gasteiger partial charge on any atom is 0.257 e. The van der Waals surface area contributed by atoms with E-state index in [9.17, 15) is 13.2 Å². The highest BCUT2D eigenvalue weighted by atomic mass is 35.5. The van der Waals surface area contributed by atoms with Crippen LogP contribution in [0.4, 0.5) is 11.4 Å². The quantitative estimate of drug-likeness (QED) is 0.399. The van der Waals surface area contributed by atoms with E-state index in [0.717, 1.165) is 13.1 Å². The predicted molar refractivity (Wildman–Crippen MR) is 143 cm³/mol. The summed E-state index contributed by atoms with van der Waals surface area (Å²) in [4.78, 5) is 19.3. The van der Waals surface area contributed by atoms with Gasteiger partial charge in [0.25, 0.3) is 5.91 Å². The zero-order chi connectivity index (χ0) is 25.5. The van der Waals surface area contributed by atoms with Gasteiger partial charge in [-0.2, -0.15) is 0 Å². The number of sulfonamides is 1. The van der Waals surface area contributed by atoms with Crippen LogP contribution in [0.25, 0.3) is 11.3 Å². The van der Waals surface area contributed by atoms with Gasteiger partial charge in [0.05, 0.1) is 40.3 Å². The van der Waals surface area contributed by atoms with Gasteiger partial charge >= 0.3 is 0 Å². The van der Waals surface area contributed by atoms with Crippen molar-refractivity contribution in [3.05, 3.63) is 76.4 Å². The Bertz CT molecular complexity index is 1320. The molecule has 4 rings (SSSR count). The number of nitrogens with zero attached hydrogens (tertiary/aromatic N) is 2. The molecule has 1 aromatic heterocycles. The fraction of sp³-hybridized carbons (Fsp3) is 0.280. The molecule has 2 N–H and O–H groups in total. The van der Waals surface area contributed by atoms with Crippen molar-refractivity contribution >= 4 is 50.5 Å². The zero-order valence-corrected chi connectivity index (χ0v) is 21.7. The lowest BCUT2D eigenvalue weighted by Crippen LogP contribution is -2.37. The third-order valence-electron chi connectivity index (χ3n) is 5.64. The molecule has 3 aromatic rings. The van der Waals surface area contributed by atoms with Crippen LogP contribution in [-0.2, 0) is 14.8 Å². The Hall–Kier alpha value is -2.69. The molecule has 190 valence electrons. The predicted octanol–water partition coefficient (Wildman–Crippen LogP) is 4.77. The molecule has 0 saturated carbocycles. The molecule has 2 heterocycles. The van der Waals surface area contributed by atoms with Crippen molar-refractivity contribution in [3.8, 4) is 11.3 Å². The lowest BCUT2D eigenvalue weighted by atomic mass is 10.1. The van der Waals surface area contributed by atoms with Crippen LogP contribution < -0.4 is 10.0 Å². The van der Waals surface area contributed by atoms with E-state index in [4.69, 9.17) is 27.9 Å². The van der Waals surface area contributed by atoms with E-state index in [-0.39, 0.29) is 16.3 Å². The van der Waals surface area contributed by atoms with Crippen LogP contribution in [0, 0.1) is 0 Å². The minimum Gasteiger partial charge on any atom is -0.379 e. The molecule has 1 amide bonds. The van der Waals surface area contributed by atoms with Gasteiger partial charge in [-0.3, -0.25) is 19.4 Å². The molecule has 1 aliphatic rings. The number of hydrogen-bond donors (Lipinski definition) is 2. The first-order chi connectivity index (χ1) is 17.3. The number of carbonyl (C=O) groups excluding carboxylic acids is 1. The van der Waals surface area contributed by atoms with Gasteiger partial charge in [0.1, 0.15) is 0 Å². The Morgan fingerprint density at radius 2 is 1.78 bits per heavy atom. The van der Waals surface area contributed by atoms with Gasteiger partial charge in [-0.1, -0.05) is 29.3 Å². The van der Waals surface area contributed by atoms with E-state index in [1.807, 2.05) is 12.1 Å². The van der Waals surface area contributed by atoms with E-state index >= 15 is 0 Å². The average Bonchev–Trinajstić information content (AvgIpc) is 2.86. The summed E-state index contributed by atoms with van der Waals surface area (Å²) in [6, 6.07) is 15.0. The van der Waals surface area contributed by atoms with Gasteiger partial charge in [0.15, 0.2) is 0 Å². The van der Waals surface area contributed by atoms with Gasteiger partial charge in [-0.25, -0.2) is 8.42 Å². The highest BCUT2D eigenvalue weighted by Crippen LogP contribution is 2.30. The first kappa shape index (κ1) is 26.4. The second-order valence-electron chi connectivity index (χ2n) is 8.29. The highest BCUT2D eigenvalue weighted by molar-refractivity contribution is 7.92. The standard InChI is InChI=1S/C25H26Cl2N4O4S/c26-22-8-6-18(16-21(22)24-4-1-2-9-28-24)29-25(32)20-7-5-19(17-23(20)27)30-36(33,34)15-3-10-31-11-13-35-14-12-31/h1-2,4-9,16-17,30H,3,10-15H2,(H,29,32). The van der Waals surface area contributed by atoms with Crippen LogP contribution in [0.15, 0.2) is 60.8 Å². The summed E-state index contributed by atoms with van der Waals surface area (Å²) in [5, 5.41) is 3.43. The molecule has 11 heteroatoms. The van der Waals surface area contributed by atoms with Crippen LogP contribution >= 0.6 is 23.2 Å². The van der Waals surface area contributed by atoms with Gasteiger partial charge in [0.2, 0.25) is 10.0 Å². The summed E-state index contributed by atoms with van der Waals surface area (Å²) in [7, 11) is -3.55. The number of nitrogens with one attached hydrogen (secondary N) is 2. The lowest BCUT2D eigenvalue weighted by molar-refractivity contribution is 0.0381. The fourth-order valence-corrected chi connectivity index (χ4v) is 5.39. The second kappa shape index (κ2) is 12.0. The molecular weight excluding hydrogens is 523 g/mol. The van der Waals surface area contributed by atoms with Crippen molar-refractivity contribution in [2.75, 3.05) is 48.6 Å². The monoisotopic (exact) mass is 548 g/mol. The van der Waals surface area contributed by atoms with Crippen LogP contribution in [-0.4, -0.2) is 62.8 Å². The molecule has 0 bridgehead atoms. The Kier molecular flexibility index (Phi) is 8.81. The van der Waals surface area contributed by atoms with Gasteiger partial charge in [0, 0.05) is 36.2 Å². The lowest BCUT2D eigenvalue weighted by Gasteiger charge is -2.26. The first-order valence-corrected chi connectivity index (χ1v) is 13.8. The normalized spacial score (nSPS) is 14.4. The molecule has 8 nitrogen and oxygen atoms in total. The third kappa shape index (κ3) is 7.18. The summed E-state index contributed by atoms with van der Waals surface area (Å²) >= 11 is 12.6. The van der Waals surface area contributed by atoms with Crippen molar-refractivity contribution in [2.24, 2.45) is 0 Å². The summed E-state index contributed by atoms with van der Waals surface area (Å²) in [5.74, 6) is -0.450. The molecule has 1 saturated heterocycles. The number of hydrogen-bond acceptors (Lipinski definition) is 6. The number of rotatable bonds is 9. The number of aromatic nitrogens is 1. The minimum atomic E-state index is -3.55. The van der Waals surface area contributed by atoms with Crippen LogP contribution in [0.3, 0.4) is 0 Å². The maximum absolute atomic E-state index is 12.9. The third-order valence-corrected chi connectivity index (χ3v) is 7.66. The fourth-order valence-electron chi connectivity index (χ4n) is 3.82. The largest absolute Gasteiger partial charge is 0.379 e. The van der Waals surface area contributed by atoms with Crippen LogP contribution in [0.1, 0.15) is 16.8 Å². The molecule has 2 aromatic carbocycles. The Morgan fingerprint density at radius 3 is 2.50 bits per heavy atom. The van der Waals surface area contributed by atoms with E-state index in [1.165, 1.54) is 18.2 Å². The average molecular weight is 549 g/mol. The van der Waals surface area contributed by atoms with Crippen LogP contribution in [0.2, 0.25) is 10.0 Å². The van der Waals surface area contributed by atoms with E-state index in [2.05, 4.69) is 19.9 Å². The Morgan fingerprint density at radius 1 is 1.00 bits per heavy atom. The van der Waals surface area contributed by atoms with Crippen molar-refractivity contribution in [1.29, 1.82) is 0 Å². The summed E-state index contributed by atoms with van der Waals surface area (Å²) in [5.41, 5.74) is 2.39. The molecule has 0 spiro atoms. The maximum atomic E-state index is 12.9. The Balaban J connectivity index is 1.38. The molecule has 0 radical (unpaired) electrons. The number of ether oxygens (including phenoxy) is 1. The minimum absolute atomic E-state index is 0.0145. The van der Waals surface area contributed by atoms with E-state index < -0.39 is 15.9 Å². The number of carbonyl (C=O) groups is 1. The first-order valence-electron chi connectivity index (χ1n) is 11.4. The number of pyridine rings is 1. The highest BCUT2D eigenvalue weighted by Gasteiger charge is 2.17. The van der Waals surface area contributed by atoms with Crippen molar-refractivity contribution < 1.29 is 17.9 Å². The number of morpholine rings is 1. The zero-order valence-electron chi connectivity index (χ0n) is 19.4. The van der Waals surface area contributed by atoms with Crippen molar-refractivity contribution in [1.82, 2.24) is 9.88 Å². The van der Waals surface area contributed by atoms with Gasteiger partial charge in [-0.05, 0) is 61.5 Å². The smallest absolute Gasteiger partial charge is 0.257 e. The summed E-state index contributed by atoms with van der Waals surface area (Å²) < 4.78 is 32.8. The number of halogens is 2. The van der Waals surface area contributed by atoms with Crippen molar-refractivity contribution in [3.63, 3.8) is 0 Å². The van der Waals surface area contributed by atoms with Crippen molar-refractivity contribution in [2.45, 2.75) is 6.42 Å². The summed E-state index contributed by atoms with van der Waals surface area (Å²) in [6.07, 6.45) is 2.17. The number of anilines is 2. The topological polar surface area (TPSA) is 101 Å². The van der Waals surface area contributed by atoms with Crippen LogP contribution in [0.5, 0.6) is 0 Å². The second-order valence-corrected chi connectivity index (χ2v) is 10.9. The molecule has 0 aliphatic carbocycles. The molecule has 36 heavy (non-hydrogen) atoms. The summed E-state index contributed by atoms with van der Waals surface area (Å²) in [6.45, 7) is 3.66. The molecule has 0 atom stereocenters. The van der Waals surface area contributed by atoms with E-state index in [0.29, 0.717) is 53.8 Å².